The fraction of sp³-hybridized carbons (Fsp3) is 1.00. The lowest BCUT2D eigenvalue weighted by Crippen LogP contribution is -2.36. The summed E-state index contributed by atoms with van der Waals surface area (Å²) in [5.41, 5.74) is 0. The van der Waals surface area contributed by atoms with Crippen molar-refractivity contribution in [1.29, 1.82) is 0 Å². The lowest BCUT2D eigenvalue weighted by molar-refractivity contribution is 0.270. The lowest BCUT2D eigenvalue weighted by Gasteiger charge is -2.29. The van der Waals surface area contributed by atoms with Crippen molar-refractivity contribution in [2.45, 2.75) is 51.0 Å². The third-order valence-electron chi connectivity index (χ3n) is 3.32. The van der Waals surface area contributed by atoms with Crippen molar-refractivity contribution < 1.29 is 0 Å². The van der Waals surface area contributed by atoms with Gasteiger partial charge in [0.15, 0.2) is 0 Å². The van der Waals surface area contributed by atoms with E-state index in [1.807, 2.05) is 0 Å². The van der Waals surface area contributed by atoms with Gasteiger partial charge in [-0.15, -0.1) is 0 Å². The highest BCUT2D eigenvalue weighted by molar-refractivity contribution is 4.77. The highest BCUT2D eigenvalue weighted by atomic mass is 14.9. The van der Waals surface area contributed by atoms with Gasteiger partial charge in [0, 0.05) is 6.04 Å². The SMILES string of the molecule is C1CC(CCNC2CCC2)C1. The third kappa shape index (κ3) is 1.96. The van der Waals surface area contributed by atoms with Crippen LogP contribution in [0.1, 0.15) is 44.9 Å². The second-order valence-corrected chi connectivity index (χ2v) is 4.17. The van der Waals surface area contributed by atoms with Crippen LogP contribution >= 0.6 is 0 Å². The van der Waals surface area contributed by atoms with E-state index >= 15 is 0 Å². The van der Waals surface area contributed by atoms with Gasteiger partial charge in [-0.1, -0.05) is 25.7 Å². The Bertz CT molecular complexity index is 100. The predicted octanol–water partition coefficient (Wildman–Crippen LogP) is 2.32. The Labute approximate surface area is 69.6 Å². The lowest BCUT2D eigenvalue weighted by atomic mass is 9.83. The number of hydrogen-bond acceptors (Lipinski definition) is 1. The molecule has 0 radical (unpaired) electrons. The van der Waals surface area contributed by atoms with Crippen LogP contribution in [-0.4, -0.2) is 12.6 Å². The Morgan fingerprint density at radius 1 is 1.00 bits per heavy atom. The van der Waals surface area contributed by atoms with E-state index < -0.39 is 0 Å². The van der Waals surface area contributed by atoms with Crippen LogP contribution in [0.2, 0.25) is 0 Å². The van der Waals surface area contributed by atoms with Crippen molar-refractivity contribution in [2.24, 2.45) is 5.92 Å². The molecule has 0 bridgehead atoms. The van der Waals surface area contributed by atoms with E-state index in [1.165, 1.54) is 51.5 Å². The molecule has 0 unspecified atom stereocenters. The highest BCUT2D eigenvalue weighted by Gasteiger charge is 2.19. The molecule has 2 saturated carbocycles. The van der Waals surface area contributed by atoms with Gasteiger partial charge >= 0.3 is 0 Å². The van der Waals surface area contributed by atoms with E-state index in [1.54, 1.807) is 0 Å². The highest BCUT2D eigenvalue weighted by Crippen LogP contribution is 2.29. The molecular weight excluding hydrogens is 134 g/mol. The van der Waals surface area contributed by atoms with Crippen LogP contribution < -0.4 is 5.32 Å². The first-order valence-electron chi connectivity index (χ1n) is 5.18. The van der Waals surface area contributed by atoms with Gasteiger partial charge in [0.25, 0.3) is 0 Å². The largest absolute Gasteiger partial charge is 0.314 e. The van der Waals surface area contributed by atoms with Crippen molar-refractivity contribution in [3.8, 4) is 0 Å². The molecule has 1 N–H and O–H groups in total. The smallest absolute Gasteiger partial charge is 0.00670 e. The standard InChI is InChI=1S/C10H19N/c1-3-9(4-1)7-8-11-10-5-2-6-10/h9-11H,1-8H2. The topological polar surface area (TPSA) is 12.0 Å². The van der Waals surface area contributed by atoms with Gasteiger partial charge < -0.3 is 5.32 Å². The minimum atomic E-state index is 0.898. The number of rotatable bonds is 4. The summed E-state index contributed by atoms with van der Waals surface area (Å²) in [6, 6.07) is 0.898. The molecule has 0 aromatic rings. The van der Waals surface area contributed by atoms with Gasteiger partial charge in [0.2, 0.25) is 0 Å². The van der Waals surface area contributed by atoms with Crippen LogP contribution in [0, 0.1) is 5.92 Å². The summed E-state index contributed by atoms with van der Waals surface area (Å²) in [6.45, 7) is 1.29. The number of nitrogens with one attached hydrogen (secondary N) is 1. The van der Waals surface area contributed by atoms with E-state index in [0.29, 0.717) is 0 Å². The Morgan fingerprint density at radius 3 is 2.18 bits per heavy atom. The summed E-state index contributed by atoms with van der Waals surface area (Å²) in [5.74, 6) is 1.09. The van der Waals surface area contributed by atoms with E-state index in [0.717, 1.165) is 12.0 Å². The molecule has 2 aliphatic rings. The summed E-state index contributed by atoms with van der Waals surface area (Å²) < 4.78 is 0. The molecule has 11 heavy (non-hydrogen) atoms. The molecule has 2 rings (SSSR count). The molecule has 64 valence electrons. The fourth-order valence-electron chi connectivity index (χ4n) is 1.89. The minimum Gasteiger partial charge on any atom is -0.314 e. The second kappa shape index (κ2) is 3.57. The van der Waals surface area contributed by atoms with Crippen LogP contribution in [0.25, 0.3) is 0 Å². The van der Waals surface area contributed by atoms with Gasteiger partial charge in [0.1, 0.15) is 0 Å². The summed E-state index contributed by atoms with van der Waals surface area (Å²) >= 11 is 0. The average molecular weight is 153 g/mol. The normalized spacial score (nSPS) is 26.2. The molecule has 1 nitrogen and oxygen atoms in total. The van der Waals surface area contributed by atoms with E-state index in [4.69, 9.17) is 0 Å². The molecule has 0 aromatic carbocycles. The van der Waals surface area contributed by atoms with Gasteiger partial charge in [-0.3, -0.25) is 0 Å². The Hall–Kier alpha value is -0.0400. The maximum Gasteiger partial charge on any atom is 0.00670 e. The van der Waals surface area contributed by atoms with Crippen LogP contribution in [0.4, 0.5) is 0 Å². The molecular formula is C10H19N. The molecule has 2 fully saturated rings. The van der Waals surface area contributed by atoms with Crippen molar-refractivity contribution in [2.75, 3.05) is 6.54 Å². The summed E-state index contributed by atoms with van der Waals surface area (Å²) in [7, 11) is 0. The quantitative estimate of drug-likeness (QED) is 0.653. The monoisotopic (exact) mass is 153 g/mol. The predicted molar refractivity (Wildman–Crippen MR) is 47.6 cm³/mol. The Kier molecular flexibility index (Phi) is 2.47. The third-order valence-corrected chi connectivity index (χ3v) is 3.32. The molecule has 0 saturated heterocycles. The van der Waals surface area contributed by atoms with Crippen molar-refractivity contribution >= 4 is 0 Å². The summed E-state index contributed by atoms with van der Waals surface area (Å²) in [5, 5.41) is 3.62. The first-order valence-corrected chi connectivity index (χ1v) is 5.18. The average Bonchev–Trinajstić information content (AvgIpc) is 1.79. The summed E-state index contributed by atoms with van der Waals surface area (Å²) in [6.07, 6.45) is 10.3. The minimum absolute atomic E-state index is 0.898. The first kappa shape index (κ1) is 7.60. The molecule has 0 spiro atoms. The molecule has 0 atom stereocenters. The molecule has 0 aliphatic heterocycles. The zero-order chi connectivity index (χ0) is 7.52. The zero-order valence-corrected chi connectivity index (χ0v) is 7.31. The molecule has 0 aromatic heterocycles. The Balaban J connectivity index is 1.46. The van der Waals surface area contributed by atoms with Crippen molar-refractivity contribution in [1.82, 2.24) is 5.32 Å². The van der Waals surface area contributed by atoms with Gasteiger partial charge in [-0.25, -0.2) is 0 Å². The molecule has 2 aliphatic carbocycles. The van der Waals surface area contributed by atoms with E-state index in [2.05, 4.69) is 5.32 Å². The second-order valence-electron chi connectivity index (χ2n) is 4.17. The maximum absolute atomic E-state index is 3.62. The van der Waals surface area contributed by atoms with Crippen LogP contribution in [0.5, 0.6) is 0 Å². The van der Waals surface area contributed by atoms with Gasteiger partial charge in [0.05, 0.1) is 0 Å². The molecule has 0 heterocycles. The van der Waals surface area contributed by atoms with Crippen molar-refractivity contribution in [3.05, 3.63) is 0 Å². The Morgan fingerprint density at radius 2 is 1.73 bits per heavy atom. The molecule has 1 heteroatoms. The zero-order valence-electron chi connectivity index (χ0n) is 7.31. The van der Waals surface area contributed by atoms with Gasteiger partial charge in [-0.05, 0) is 31.7 Å². The van der Waals surface area contributed by atoms with Gasteiger partial charge in [-0.2, -0.15) is 0 Å². The first-order chi connectivity index (χ1) is 5.45. The van der Waals surface area contributed by atoms with Crippen molar-refractivity contribution in [3.63, 3.8) is 0 Å². The number of hydrogen-bond donors (Lipinski definition) is 1. The van der Waals surface area contributed by atoms with Crippen LogP contribution in [0.15, 0.2) is 0 Å². The van der Waals surface area contributed by atoms with E-state index in [-0.39, 0.29) is 0 Å². The van der Waals surface area contributed by atoms with Crippen LogP contribution in [-0.2, 0) is 0 Å². The fourth-order valence-corrected chi connectivity index (χ4v) is 1.89. The van der Waals surface area contributed by atoms with Crippen LogP contribution in [0.3, 0.4) is 0 Å². The summed E-state index contributed by atoms with van der Waals surface area (Å²) in [4.78, 5) is 0. The van der Waals surface area contributed by atoms with E-state index in [9.17, 15) is 0 Å². The maximum atomic E-state index is 3.62. The molecule has 0 amide bonds.